The van der Waals surface area contributed by atoms with Gasteiger partial charge in [0.2, 0.25) is 5.91 Å². The second-order valence-electron chi connectivity index (χ2n) is 5.78. The van der Waals surface area contributed by atoms with Crippen LogP contribution in [-0.2, 0) is 11.2 Å². The van der Waals surface area contributed by atoms with Crippen LogP contribution in [0.15, 0.2) is 28.1 Å². The molecule has 1 heterocycles. The standard InChI is InChI=1S/C17H19ClN4O4S/c1-9(2)26-16-12(18)4-10(5-13(16)25-3)8-19-22-15(24)7-11-6-14(23)21-17(27)20-11/h4-6,8-9H,7H2,1-3H3,(H,22,24)(H2,20,21,23,27)/b19-8-. The Labute approximate surface area is 165 Å². The summed E-state index contributed by atoms with van der Waals surface area (Å²) in [6, 6.07) is 4.59. The van der Waals surface area contributed by atoms with Crippen LogP contribution >= 0.6 is 23.8 Å². The van der Waals surface area contributed by atoms with Crippen LogP contribution in [-0.4, -0.2) is 35.3 Å². The van der Waals surface area contributed by atoms with Crippen LogP contribution in [0.4, 0.5) is 0 Å². The molecule has 1 aromatic carbocycles. The zero-order chi connectivity index (χ0) is 20.0. The number of hydrogen-bond donors (Lipinski definition) is 3. The molecule has 1 aromatic heterocycles. The summed E-state index contributed by atoms with van der Waals surface area (Å²) in [6.07, 6.45) is 1.29. The normalized spacial score (nSPS) is 11.0. The number of aromatic nitrogens is 2. The molecule has 0 unspecified atom stereocenters. The van der Waals surface area contributed by atoms with Crippen LogP contribution in [0.25, 0.3) is 0 Å². The molecular weight excluding hydrogens is 392 g/mol. The lowest BCUT2D eigenvalue weighted by atomic mass is 10.2. The maximum atomic E-state index is 11.9. The van der Waals surface area contributed by atoms with Gasteiger partial charge in [-0.3, -0.25) is 14.6 Å². The van der Waals surface area contributed by atoms with E-state index in [1.165, 1.54) is 19.4 Å². The first kappa shape index (κ1) is 20.7. The third-order valence-corrected chi connectivity index (χ3v) is 3.66. The highest BCUT2D eigenvalue weighted by Crippen LogP contribution is 2.36. The fourth-order valence-corrected chi connectivity index (χ4v) is 2.67. The summed E-state index contributed by atoms with van der Waals surface area (Å²) in [5, 5.41) is 4.25. The number of hydrogen-bond acceptors (Lipinski definition) is 6. The van der Waals surface area contributed by atoms with E-state index >= 15 is 0 Å². The molecular formula is C17H19ClN4O4S. The molecule has 27 heavy (non-hydrogen) atoms. The smallest absolute Gasteiger partial charge is 0.251 e. The number of benzene rings is 1. The molecule has 10 heteroatoms. The topological polar surface area (TPSA) is 109 Å². The van der Waals surface area contributed by atoms with Gasteiger partial charge in [-0.25, -0.2) is 5.43 Å². The first-order chi connectivity index (χ1) is 12.8. The van der Waals surface area contributed by atoms with Gasteiger partial charge in [0.1, 0.15) is 0 Å². The third-order valence-electron chi connectivity index (χ3n) is 3.18. The number of halogens is 1. The largest absolute Gasteiger partial charge is 0.493 e. The van der Waals surface area contributed by atoms with E-state index in [1.54, 1.807) is 12.1 Å². The zero-order valence-corrected chi connectivity index (χ0v) is 16.5. The minimum Gasteiger partial charge on any atom is -0.493 e. The molecule has 0 aliphatic carbocycles. The highest BCUT2D eigenvalue weighted by atomic mass is 35.5. The van der Waals surface area contributed by atoms with E-state index in [9.17, 15) is 9.59 Å². The van der Waals surface area contributed by atoms with Crippen molar-refractivity contribution in [1.82, 2.24) is 15.4 Å². The number of nitrogens with one attached hydrogen (secondary N) is 3. The van der Waals surface area contributed by atoms with Gasteiger partial charge >= 0.3 is 0 Å². The number of carbonyl (C=O) groups excluding carboxylic acids is 1. The number of H-pyrrole nitrogens is 2. The molecule has 0 fully saturated rings. The predicted molar refractivity (Wildman–Crippen MR) is 105 cm³/mol. The SMILES string of the molecule is COc1cc(/C=N\NC(=O)Cc2cc(=O)[nH]c(=S)[nH]2)cc(Cl)c1OC(C)C. The molecule has 0 saturated heterocycles. The Balaban J connectivity index is 2.07. The first-order valence-electron chi connectivity index (χ1n) is 7.97. The number of amides is 1. The molecule has 144 valence electrons. The summed E-state index contributed by atoms with van der Waals surface area (Å²) >= 11 is 11.1. The average molecular weight is 411 g/mol. The molecule has 0 saturated carbocycles. The quantitative estimate of drug-likeness (QED) is 0.369. The van der Waals surface area contributed by atoms with Crippen LogP contribution in [0.1, 0.15) is 25.1 Å². The number of nitrogens with zero attached hydrogens (tertiary/aromatic N) is 1. The molecule has 0 aliphatic rings. The van der Waals surface area contributed by atoms with E-state index < -0.39 is 5.91 Å². The number of aromatic amines is 2. The van der Waals surface area contributed by atoms with Gasteiger partial charge in [0.05, 0.1) is 30.9 Å². The molecule has 0 bridgehead atoms. The number of hydrazone groups is 1. The van der Waals surface area contributed by atoms with Gasteiger partial charge in [-0.15, -0.1) is 0 Å². The first-order valence-corrected chi connectivity index (χ1v) is 8.75. The predicted octanol–water partition coefficient (Wildman–Crippen LogP) is 2.57. The number of ether oxygens (including phenoxy) is 2. The van der Waals surface area contributed by atoms with Crippen molar-refractivity contribution in [3.8, 4) is 11.5 Å². The molecule has 2 rings (SSSR count). The van der Waals surface area contributed by atoms with E-state index in [2.05, 4.69) is 20.5 Å². The Morgan fingerprint density at radius 2 is 2.11 bits per heavy atom. The maximum absolute atomic E-state index is 11.9. The van der Waals surface area contributed by atoms with Crippen LogP contribution in [0, 0.1) is 4.77 Å². The summed E-state index contributed by atoms with van der Waals surface area (Å²) in [5.74, 6) is 0.486. The van der Waals surface area contributed by atoms with Gasteiger partial charge < -0.3 is 14.5 Å². The van der Waals surface area contributed by atoms with Crippen molar-refractivity contribution < 1.29 is 14.3 Å². The zero-order valence-electron chi connectivity index (χ0n) is 15.0. The summed E-state index contributed by atoms with van der Waals surface area (Å²) in [7, 11) is 1.51. The van der Waals surface area contributed by atoms with Crippen molar-refractivity contribution in [3.63, 3.8) is 0 Å². The Morgan fingerprint density at radius 1 is 1.37 bits per heavy atom. The molecule has 0 aliphatic heterocycles. The highest BCUT2D eigenvalue weighted by Gasteiger charge is 2.13. The molecule has 0 spiro atoms. The van der Waals surface area contributed by atoms with Gasteiger partial charge in [-0.05, 0) is 43.8 Å². The molecule has 1 amide bonds. The number of rotatable bonds is 7. The Hall–Kier alpha value is -2.65. The molecule has 2 aromatic rings. The van der Waals surface area contributed by atoms with E-state index in [-0.39, 0.29) is 22.9 Å². The lowest BCUT2D eigenvalue weighted by molar-refractivity contribution is -0.120. The van der Waals surface area contributed by atoms with Gasteiger partial charge in [0.25, 0.3) is 5.56 Å². The summed E-state index contributed by atoms with van der Waals surface area (Å²) in [5.41, 5.74) is 2.99. The van der Waals surface area contributed by atoms with Crippen LogP contribution in [0.2, 0.25) is 5.02 Å². The monoisotopic (exact) mass is 410 g/mol. The molecule has 0 radical (unpaired) electrons. The van der Waals surface area contributed by atoms with E-state index in [0.29, 0.717) is 27.8 Å². The van der Waals surface area contributed by atoms with Gasteiger partial charge in [-0.2, -0.15) is 5.10 Å². The Kier molecular flexibility index (Phi) is 7.14. The van der Waals surface area contributed by atoms with E-state index in [0.717, 1.165) is 0 Å². The lowest BCUT2D eigenvalue weighted by Gasteiger charge is -2.15. The average Bonchev–Trinajstić information content (AvgIpc) is 2.55. The van der Waals surface area contributed by atoms with Crippen molar-refractivity contribution in [2.45, 2.75) is 26.4 Å². The minimum atomic E-state index is -0.416. The number of methoxy groups -OCH3 is 1. The van der Waals surface area contributed by atoms with E-state index in [1.807, 2.05) is 13.8 Å². The maximum Gasteiger partial charge on any atom is 0.251 e. The van der Waals surface area contributed by atoms with Crippen LogP contribution in [0.3, 0.4) is 0 Å². The highest BCUT2D eigenvalue weighted by molar-refractivity contribution is 7.71. The van der Waals surface area contributed by atoms with Crippen molar-refractivity contribution in [2.75, 3.05) is 7.11 Å². The van der Waals surface area contributed by atoms with Crippen molar-refractivity contribution in [3.05, 3.63) is 49.6 Å². The van der Waals surface area contributed by atoms with Crippen molar-refractivity contribution in [2.24, 2.45) is 5.10 Å². The molecule has 3 N–H and O–H groups in total. The molecule has 8 nitrogen and oxygen atoms in total. The van der Waals surface area contributed by atoms with Crippen LogP contribution < -0.4 is 20.5 Å². The summed E-state index contributed by atoms with van der Waals surface area (Å²) < 4.78 is 11.1. The Bertz CT molecular complexity index is 940. The fourth-order valence-electron chi connectivity index (χ4n) is 2.17. The van der Waals surface area contributed by atoms with Crippen molar-refractivity contribution in [1.29, 1.82) is 0 Å². The second-order valence-corrected chi connectivity index (χ2v) is 6.60. The fraction of sp³-hybridized carbons (Fsp3) is 0.294. The number of carbonyl (C=O) groups is 1. The van der Waals surface area contributed by atoms with Crippen molar-refractivity contribution >= 4 is 35.9 Å². The minimum absolute atomic E-state index is 0.0622. The lowest BCUT2D eigenvalue weighted by Crippen LogP contribution is -2.21. The van der Waals surface area contributed by atoms with Gasteiger partial charge in [0, 0.05) is 11.8 Å². The Morgan fingerprint density at radius 3 is 2.74 bits per heavy atom. The van der Waals surface area contributed by atoms with E-state index in [4.69, 9.17) is 33.3 Å². The van der Waals surface area contributed by atoms with Gasteiger partial charge in [-0.1, -0.05) is 11.6 Å². The molecule has 0 atom stereocenters. The summed E-state index contributed by atoms with van der Waals surface area (Å²) in [6.45, 7) is 3.77. The summed E-state index contributed by atoms with van der Waals surface area (Å²) in [4.78, 5) is 28.4. The van der Waals surface area contributed by atoms with Gasteiger partial charge in [0.15, 0.2) is 16.3 Å². The second kappa shape index (κ2) is 9.33. The van der Waals surface area contributed by atoms with Crippen LogP contribution in [0.5, 0.6) is 11.5 Å². The third kappa shape index (κ3) is 6.22.